The highest BCUT2D eigenvalue weighted by atomic mass is 15.3. The van der Waals surface area contributed by atoms with Crippen molar-refractivity contribution in [2.45, 2.75) is 40.3 Å². The molecule has 0 aliphatic heterocycles. The Balaban J connectivity index is 2.08. The quantitative estimate of drug-likeness (QED) is 0.902. The summed E-state index contributed by atoms with van der Waals surface area (Å²) in [6.07, 6.45) is 2.07. The van der Waals surface area contributed by atoms with Crippen molar-refractivity contribution < 1.29 is 0 Å². The number of hydrogen-bond acceptors (Lipinski definition) is 3. The first-order chi connectivity index (χ1) is 8.47. The number of aromatic nitrogens is 4. The molecule has 2 aromatic rings. The molecular formula is C13H21N5. The summed E-state index contributed by atoms with van der Waals surface area (Å²) in [5, 5.41) is 12.2. The van der Waals surface area contributed by atoms with Gasteiger partial charge in [-0.25, -0.2) is 0 Å². The molecule has 0 bridgehead atoms. The van der Waals surface area contributed by atoms with Crippen LogP contribution in [0.4, 0.5) is 5.82 Å². The van der Waals surface area contributed by atoms with E-state index in [-0.39, 0.29) is 0 Å². The van der Waals surface area contributed by atoms with Crippen LogP contribution in [0, 0.1) is 13.8 Å². The highest BCUT2D eigenvalue weighted by Crippen LogP contribution is 2.16. The maximum Gasteiger partial charge on any atom is 0.151 e. The molecule has 0 amide bonds. The van der Waals surface area contributed by atoms with E-state index in [1.54, 1.807) is 0 Å². The standard InChI is InChI=1S/C13H21N5/c1-9(2)18-8-10(3)13(16-18)14-7-12-6-11(4)15-17(12)5/h6,8-9H,7H2,1-5H3,(H,14,16). The van der Waals surface area contributed by atoms with Gasteiger partial charge in [-0.2, -0.15) is 10.2 Å². The van der Waals surface area contributed by atoms with Crippen molar-refractivity contribution in [3.63, 3.8) is 0 Å². The summed E-state index contributed by atoms with van der Waals surface area (Å²) in [4.78, 5) is 0. The minimum atomic E-state index is 0.387. The molecule has 0 radical (unpaired) electrons. The normalized spacial score (nSPS) is 11.2. The lowest BCUT2D eigenvalue weighted by molar-refractivity contribution is 0.533. The fourth-order valence-electron chi connectivity index (χ4n) is 1.93. The van der Waals surface area contributed by atoms with Crippen LogP contribution in [0.3, 0.4) is 0 Å². The van der Waals surface area contributed by atoms with Gasteiger partial charge >= 0.3 is 0 Å². The van der Waals surface area contributed by atoms with Crippen LogP contribution in [0.5, 0.6) is 0 Å². The number of nitrogens with zero attached hydrogens (tertiary/aromatic N) is 4. The largest absolute Gasteiger partial charge is 0.363 e. The predicted molar refractivity (Wildman–Crippen MR) is 72.6 cm³/mol. The molecule has 0 unspecified atom stereocenters. The van der Waals surface area contributed by atoms with E-state index in [9.17, 15) is 0 Å². The van der Waals surface area contributed by atoms with Gasteiger partial charge in [0.2, 0.25) is 0 Å². The van der Waals surface area contributed by atoms with Crippen LogP contribution in [0.1, 0.15) is 36.8 Å². The smallest absolute Gasteiger partial charge is 0.151 e. The monoisotopic (exact) mass is 247 g/mol. The average Bonchev–Trinajstić information content (AvgIpc) is 2.79. The SMILES string of the molecule is Cc1cc(CNc2nn(C(C)C)cc2C)n(C)n1. The van der Waals surface area contributed by atoms with Gasteiger partial charge in [0, 0.05) is 24.8 Å². The lowest BCUT2D eigenvalue weighted by Crippen LogP contribution is -2.07. The second-order valence-corrected chi connectivity index (χ2v) is 4.99. The lowest BCUT2D eigenvalue weighted by Gasteiger charge is -2.05. The van der Waals surface area contributed by atoms with Crippen LogP contribution in [0.2, 0.25) is 0 Å². The Hall–Kier alpha value is -1.78. The maximum atomic E-state index is 4.54. The zero-order valence-corrected chi connectivity index (χ0v) is 11.7. The zero-order valence-electron chi connectivity index (χ0n) is 11.7. The Morgan fingerprint density at radius 2 is 2.00 bits per heavy atom. The third-order valence-electron chi connectivity index (χ3n) is 2.98. The predicted octanol–water partition coefficient (Wildman–Crippen LogP) is 2.43. The number of rotatable bonds is 4. The zero-order chi connectivity index (χ0) is 13.3. The fraction of sp³-hybridized carbons (Fsp3) is 0.538. The Morgan fingerprint density at radius 3 is 2.50 bits per heavy atom. The molecule has 1 N–H and O–H groups in total. The van der Waals surface area contributed by atoms with Gasteiger partial charge in [-0.15, -0.1) is 0 Å². The van der Waals surface area contributed by atoms with Crippen molar-refractivity contribution in [2.75, 3.05) is 5.32 Å². The summed E-state index contributed by atoms with van der Waals surface area (Å²) in [5.41, 5.74) is 3.37. The van der Waals surface area contributed by atoms with E-state index < -0.39 is 0 Å². The Bertz CT molecular complexity index is 536. The van der Waals surface area contributed by atoms with Crippen molar-refractivity contribution in [1.82, 2.24) is 19.6 Å². The van der Waals surface area contributed by atoms with E-state index in [2.05, 4.69) is 48.5 Å². The minimum Gasteiger partial charge on any atom is -0.363 e. The summed E-state index contributed by atoms with van der Waals surface area (Å²) >= 11 is 0. The van der Waals surface area contributed by atoms with Gasteiger partial charge in [-0.3, -0.25) is 9.36 Å². The number of nitrogens with one attached hydrogen (secondary N) is 1. The van der Waals surface area contributed by atoms with E-state index in [1.807, 2.05) is 23.3 Å². The molecule has 0 aliphatic carbocycles. The molecule has 0 saturated carbocycles. The van der Waals surface area contributed by atoms with Crippen LogP contribution in [-0.2, 0) is 13.6 Å². The summed E-state index contributed by atoms with van der Waals surface area (Å²) in [6.45, 7) is 9.07. The summed E-state index contributed by atoms with van der Waals surface area (Å²) in [5.74, 6) is 0.947. The molecule has 0 spiro atoms. The third kappa shape index (κ3) is 2.55. The summed E-state index contributed by atoms with van der Waals surface area (Å²) in [6, 6.07) is 2.47. The van der Waals surface area contributed by atoms with Gasteiger partial charge in [0.05, 0.1) is 17.9 Å². The molecule has 0 saturated heterocycles. The number of anilines is 1. The van der Waals surface area contributed by atoms with E-state index >= 15 is 0 Å². The van der Waals surface area contributed by atoms with Crippen molar-refractivity contribution in [1.29, 1.82) is 0 Å². The van der Waals surface area contributed by atoms with Crippen molar-refractivity contribution in [2.24, 2.45) is 7.05 Å². The van der Waals surface area contributed by atoms with Crippen molar-refractivity contribution in [3.05, 3.63) is 29.2 Å². The topological polar surface area (TPSA) is 47.7 Å². The number of hydrogen-bond donors (Lipinski definition) is 1. The lowest BCUT2D eigenvalue weighted by atomic mass is 10.3. The Morgan fingerprint density at radius 1 is 1.28 bits per heavy atom. The average molecular weight is 247 g/mol. The van der Waals surface area contributed by atoms with Crippen LogP contribution in [0.25, 0.3) is 0 Å². The molecule has 2 heterocycles. The number of aryl methyl sites for hydroxylation is 3. The van der Waals surface area contributed by atoms with Gasteiger partial charge < -0.3 is 5.32 Å². The molecule has 0 aliphatic rings. The van der Waals surface area contributed by atoms with Gasteiger partial charge in [0.1, 0.15) is 0 Å². The first kappa shape index (κ1) is 12.7. The maximum absolute atomic E-state index is 4.54. The molecule has 18 heavy (non-hydrogen) atoms. The highest BCUT2D eigenvalue weighted by molar-refractivity contribution is 5.42. The molecule has 5 nitrogen and oxygen atoms in total. The Kier molecular flexibility index (Phi) is 3.41. The van der Waals surface area contributed by atoms with E-state index in [1.165, 1.54) is 5.56 Å². The van der Waals surface area contributed by atoms with E-state index in [4.69, 9.17) is 0 Å². The van der Waals surface area contributed by atoms with Crippen molar-refractivity contribution in [3.8, 4) is 0 Å². The van der Waals surface area contributed by atoms with Crippen molar-refractivity contribution >= 4 is 5.82 Å². The molecule has 0 aromatic carbocycles. The molecule has 2 aromatic heterocycles. The molecule has 0 atom stereocenters. The van der Waals surface area contributed by atoms with Gasteiger partial charge in [0.15, 0.2) is 5.82 Å². The second-order valence-electron chi connectivity index (χ2n) is 4.99. The fourth-order valence-corrected chi connectivity index (χ4v) is 1.93. The minimum absolute atomic E-state index is 0.387. The van der Waals surface area contributed by atoms with Gasteiger partial charge in [-0.05, 0) is 33.8 Å². The van der Waals surface area contributed by atoms with Gasteiger partial charge in [-0.1, -0.05) is 0 Å². The molecule has 2 rings (SSSR count). The molecule has 98 valence electrons. The first-order valence-electron chi connectivity index (χ1n) is 6.26. The van der Waals surface area contributed by atoms with Crippen LogP contribution in [0.15, 0.2) is 12.3 Å². The van der Waals surface area contributed by atoms with Gasteiger partial charge in [0.25, 0.3) is 0 Å². The second kappa shape index (κ2) is 4.84. The van der Waals surface area contributed by atoms with Crippen LogP contribution in [-0.4, -0.2) is 19.6 Å². The van der Waals surface area contributed by atoms with Crippen LogP contribution < -0.4 is 5.32 Å². The first-order valence-corrected chi connectivity index (χ1v) is 6.26. The van der Waals surface area contributed by atoms with E-state index in [0.717, 1.165) is 23.8 Å². The Labute approximate surface area is 108 Å². The van der Waals surface area contributed by atoms with E-state index in [0.29, 0.717) is 6.04 Å². The highest BCUT2D eigenvalue weighted by Gasteiger charge is 2.08. The third-order valence-corrected chi connectivity index (χ3v) is 2.98. The molecular weight excluding hydrogens is 226 g/mol. The molecule has 0 fully saturated rings. The molecule has 5 heteroatoms. The summed E-state index contributed by atoms with van der Waals surface area (Å²) in [7, 11) is 1.96. The summed E-state index contributed by atoms with van der Waals surface area (Å²) < 4.78 is 3.88. The van der Waals surface area contributed by atoms with Crippen LogP contribution >= 0.6 is 0 Å².